The minimum atomic E-state index is 0.476. The van der Waals surface area contributed by atoms with Crippen LogP contribution in [0.1, 0.15) is 0 Å². The second-order valence-corrected chi connectivity index (χ2v) is 13.0. The van der Waals surface area contributed by atoms with E-state index < -0.39 is 0 Å². The van der Waals surface area contributed by atoms with Crippen LogP contribution in [0.4, 0.5) is 0 Å². The Morgan fingerprint density at radius 2 is 1.00 bits per heavy atom. The molecule has 0 aliphatic carbocycles. The van der Waals surface area contributed by atoms with Gasteiger partial charge in [0.15, 0.2) is 17.5 Å². The first kappa shape index (κ1) is 28.6. The molecule has 0 aliphatic rings. The Labute approximate surface area is 297 Å². The first-order valence-electron chi connectivity index (χ1n) is 17.3. The highest BCUT2D eigenvalue weighted by atomic mass is 16.3. The Balaban J connectivity index is 1.20. The number of benzene rings is 8. The molecule has 0 aliphatic heterocycles. The molecule has 0 radical (unpaired) electrons. The van der Waals surface area contributed by atoms with Crippen molar-refractivity contribution in [2.45, 2.75) is 0 Å². The molecule has 8 aromatic carbocycles. The van der Waals surface area contributed by atoms with Crippen molar-refractivity contribution in [3.63, 3.8) is 0 Å². The lowest BCUT2D eigenvalue weighted by Gasteiger charge is -2.13. The summed E-state index contributed by atoms with van der Waals surface area (Å²) in [6.07, 6.45) is 0. The highest BCUT2D eigenvalue weighted by Crippen LogP contribution is 2.39. The molecule has 52 heavy (non-hydrogen) atoms. The van der Waals surface area contributed by atoms with E-state index in [9.17, 15) is 0 Å². The van der Waals surface area contributed by atoms with Crippen LogP contribution in [-0.2, 0) is 0 Å². The van der Waals surface area contributed by atoms with E-state index in [1.165, 1.54) is 26.9 Å². The van der Waals surface area contributed by atoms with Gasteiger partial charge in [-0.05, 0) is 62.6 Å². The fourth-order valence-electron chi connectivity index (χ4n) is 7.69. The van der Waals surface area contributed by atoms with Gasteiger partial charge >= 0.3 is 0 Å². The summed E-state index contributed by atoms with van der Waals surface area (Å²) in [6.45, 7) is 0. The van der Waals surface area contributed by atoms with Gasteiger partial charge in [0.1, 0.15) is 11.2 Å². The third-order valence-corrected chi connectivity index (χ3v) is 10.1. The van der Waals surface area contributed by atoms with Gasteiger partial charge in [-0.1, -0.05) is 133 Å². The number of para-hydroxylation sites is 4. The van der Waals surface area contributed by atoms with E-state index in [4.69, 9.17) is 24.4 Å². The average Bonchev–Trinajstić information content (AvgIpc) is 3.80. The fourth-order valence-corrected chi connectivity index (χ4v) is 7.69. The smallest absolute Gasteiger partial charge is 0.240 e. The van der Waals surface area contributed by atoms with Crippen LogP contribution < -0.4 is 0 Å². The van der Waals surface area contributed by atoms with Gasteiger partial charge in [0, 0.05) is 21.9 Å². The molecule has 11 aromatic rings. The number of fused-ring (bicyclic) bond motifs is 10. The molecular formula is C46H27N5O. The first-order chi connectivity index (χ1) is 25.8. The highest BCUT2D eigenvalue weighted by Gasteiger charge is 2.23. The van der Waals surface area contributed by atoms with Gasteiger partial charge < -0.3 is 4.42 Å². The molecule has 0 bridgehead atoms. The monoisotopic (exact) mass is 665 g/mol. The maximum atomic E-state index is 6.51. The molecule has 0 atom stereocenters. The Morgan fingerprint density at radius 1 is 0.404 bits per heavy atom. The molecule has 0 N–H and O–H groups in total. The minimum absolute atomic E-state index is 0.476. The van der Waals surface area contributed by atoms with Gasteiger partial charge in [0.2, 0.25) is 5.95 Å². The lowest BCUT2D eigenvalue weighted by atomic mass is 9.93. The lowest BCUT2D eigenvalue weighted by Crippen LogP contribution is -2.08. The van der Waals surface area contributed by atoms with E-state index in [1.807, 2.05) is 71.3 Å². The molecule has 0 amide bonds. The number of hydrogen-bond acceptors (Lipinski definition) is 5. The number of imidazole rings is 1. The Kier molecular flexibility index (Phi) is 6.15. The number of nitrogens with zero attached hydrogens (tertiary/aromatic N) is 5. The van der Waals surface area contributed by atoms with Gasteiger partial charge in [-0.25, -0.2) is 9.97 Å². The van der Waals surface area contributed by atoms with E-state index in [0.717, 1.165) is 55.0 Å². The van der Waals surface area contributed by atoms with Crippen LogP contribution in [0.3, 0.4) is 0 Å². The van der Waals surface area contributed by atoms with Crippen molar-refractivity contribution in [1.82, 2.24) is 24.5 Å². The van der Waals surface area contributed by atoms with E-state index in [0.29, 0.717) is 23.4 Å². The molecular weight excluding hydrogens is 639 g/mol. The summed E-state index contributed by atoms with van der Waals surface area (Å²) in [5.74, 6) is 2.32. The quantitative estimate of drug-likeness (QED) is 0.175. The standard InChI is InChI=1S/C46H27N5O/c1-2-13-28(14-3-1)43-48-44(29-25-26-34-32-17-5-4-15-30(32)31-16-6-7-18-33(31)38(34)27-29)50-46(49-43)51-40-23-10-9-22-39(40)47-45(51)37-21-12-20-36-35-19-8-11-24-41(35)52-42(36)37/h1-27H. The average molecular weight is 666 g/mol. The summed E-state index contributed by atoms with van der Waals surface area (Å²) in [5.41, 5.74) is 5.98. The summed E-state index contributed by atoms with van der Waals surface area (Å²) < 4.78 is 8.55. The van der Waals surface area contributed by atoms with Crippen molar-refractivity contribution in [2.75, 3.05) is 0 Å². The predicted octanol–water partition coefficient (Wildman–Crippen LogP) is 11.6. The topological polar surface area (TPSA) is 69.6 Å². The molecule has 3 aromatic heterocycles. The first-order valence-corrected chi connectivity index (χ1v) is 17.3. The minimum Gasteiger partial charge on any atom is -0.455 e. The van der Waals surface area contributed by atoms with Crippen LogP contribution in [-0.4, -0.2) is 24.5 Å². The summed E-state index contributed by atoms with van der Waals surface area (Å²) in [7, 11) is 0. The number of hydrogen-bond donors (Lipinski definition) is 0. The van der Waals surface area contributed by atoms with Crippen molar-refractivity contribution < 1.29 is 4.42 Å². The summed E-state index contributed by atoms with van der Waals surface area (Å²) in [5, 5.41) is 9.31. The molecule has 0 spiro atoms. The van der Waals surface area contributed by atoms with Crippen LogP contribution in [0.25, 0.3) is 105 Å². The highest BCUT2D eigenvalue weighted by molar-refractivity contribution is 6.25. The van der Waals surface area contributed by atoms with Gasteiger partial charge in [-0.3, -0.25) is 4.57 Å². The third kappa shape index (κ3) is 4.31. The van der Waals surface area contributed by atoms with Crippen LogP contribution in [0.5, 0.6) is 0 Å². The molecule has 3 heterocycles. The number of aromatic nitrogens is 5. The van der Waals surface area contributed by atoms with Gasteiger partial charge in [-0.2, -0.15) is 9.97 Å². The number of rotatable bonds is 4. The Bertz CT molecular complexity index is 3160. The maximum absolute atomic E-state index is 6.51. The largest absolute Gasteiger partial charge is 0.455 e. The number of furan rings is 1. The van der Waals surface area contributed by atoms with Crippen LogP contribution in [0, 0.1) is 0 Å². The summed E-state index contributed by atoms with van der Waals surface area (Å²) >= 11 is 0. The van der Waals surface area contributed by atoms with Crippen LogP contribution >= 0.6 is 0 Å². The normalized spacial score (nSPS) is 11.8. The molecule has 0 fully saturated rings. The molecule has 11 rings (SSSR count). The van der Waals surface area contributed by atoms with E-state index in [1.54, 1.807) is 0 Å². The van der Waals surface area contributed by atoms with E-state index >= 15 is 0 Å². The van der Waals surface area contributed by atoms with Gasteiger partial charge in [0.05, 0.1) is 16.6 Å². The van der Waals surface area contributed by atoms with E-state index in [-0.39, 0.29) is 0 Å². The molecule has 0 unspecified atom stereocenters. The zero-order valence-corrected chi connectivity index (χ0v) is 27.7. The second kappa shape index (κ2) is 11.2. The molecule has 242 valence electrons. The van der Waals surface area contributed by atoms with Crippen molar-refractivity contribution in [3.8, 4) is 40.1 Å². The Hall–Kier alpha value is -7.18. The zero-order valence-electron chi connectivity index (χ0n) is 27.7. The van der Waals surface area contributed by atoms with Gasteiger partial charge in [0.25, 0.3) is 0 Å². The Morgan fingerprint density at radius 3 is 1.77 bits per heavy atom. The lowest BCUT2D eigenvalue weighted by molar-refractivity contribution is 0.669. The van der Waals surface area contributed by atoms with Crippen LogP contribution in [0.2, 0.25) is 0 Å². The van der Waals surface area contributed by atoms with Crippen LogP contribution in [0.15, 0.2) is 168 Å². The SMILES string of the molecule is c1ccc(-c2nc(-c3ccc4c5ccccc5c5ccccc5c4c3)nc(-n3c(-c4cccc5c4oc4ccccc45)nc4ccccc43)n2)cc1. The molecule has 0 saturated heterocycles. The van der Waals surface area contributed by atoms with Crippen molar-refractivity contribution in [3.05, 3.63) is 164 Å². The molecule has 0 saturated carbocycles. The maximum Gasteiger partial charge on any atom is 0.240 e. The second-order valence-electron chi connectivity index (χ2n) is 13.0. The van der Waals surface area contributed by atoms with Gasteiger partial charge in [-0.15, -0.1) is 0 Å². The molecule has 6 heteroatoms. The summed E-state index contributed by atoms with van der Waals surface area (Å²) in [6, 6.07) is 56.3. The van der Waals surface area contributed by atoms with Crippen molar-refractivity contribution >= 4 is 65.3 Å². The third-order valence-electron chi connectivity index (χ3n) is 10.1. The fraction of sp³-hybridized carbons (Fsp3) is 0. The predicted molar refractivity (Wildman–Crippen MR) is 211 cm³/mol. The van der Waals surface area contributed by atoms with Crippen molar-refractivity contribution in [1.29, 1.82) is 0 Å². The van der Waals surface area contributed by atoms with E-state index in [2.05, 4.69) is 97.1 Å². The molecule has 6 nitrogen and oxygen atoms in total. The van der Waals surface area contributed by atoms with Crippen molar-refractivity contribution in [2.24, 2.45) is 0 Å². The zero-order chi connectivity index (χ0) is 34.2. The summed E-state index contributed by atoms with van der Waals surface area (Å²) in [4.78, 5) is 20.7.